The average Bonchev–Trinajstić information content (AvgIpc) is 2.90. The molecule has 6 heteroatoms. The Morgan fingerprint density at radius 2 is 1.33 bits per heavy atom. The molecule has 0 bridgehead atoms. The van der Waals surface area contributed by atoms with E-state index in [9.17, 15) is 9.59 Å². The predicted octanol–water partition coefficient (Wildman–Crippen LogP) is 1.88. The Morgan fingerprint density at radius 3 is 1.56 bits per heavy atom. The second-order valence-electron chi connectivity index (χ2n) is 2.85. The van der Waals surface area contributed by atoms with Crippen molar-refractivity contribution >= 4 is 11.9 Å². The van der Waals surface area contributed by atoms with E-state index in [1.165, 1.54) is 32.8 Å². The Balaban J connectivity index is 0. The topological polar surface area (TPSA) is 86.0 Å². The van der Waals surface area contributed by atoms with Crippen molar-refractivity contribution in [1.29, 1.82) is 0 Å². The smallest absolute Gasteiger partial charge is 0.373 e. The number of esters is 2. The van der Waals surface area contributed by atoms with Crippen molar-refractivity contribution < 1.29 is 28.6 Å². The number of ether oxygens (including phenoxy) is 2. The van der Waals surface area contributed by atoms with E-state index in [-0.39, 0.29) is 11.5 Å². The van der Waals surface area contributed by atoms with Gasteiger partial charge >= 0.3 is 11.9 Å². The molecule has 0 spiro atoms. The third-order valence-electron chi connectivity index (χ3n) is 1.38. The number of rotatable bonds is 2. The maximum atomic E-state index is 10.9. The van der Waals surface area contributed by atoms with Gasteiger partial charge in [-0.25, -0.2) is 9.59 Å². The highest BCUT2D eigenvalue weighted by atomic mass is 16.5. The van der Waals surface area contributed by atoms with Crippen LogP contribution in [0.25, 0.3) is 0 Å². The number of carbonyl (C=O) groups excluding carboxylic acids is 2. The zero-order chi connectivity index (χ0) is 14.6. The van der Waals surface area contributed by atoms with Crippen LogP contribution in [0.1, 0.15) is 41.4 Å². The van der Waals surface area contributed by atoms with Gasteiger partial charge in [0, 0.05) is 7.11 Å². The van der Waals surface area contributed by atoms with E-state index in [0.29, 0.717) is 0 Å². The minimum absolute atomic E-state index is 0.0251. The molecule has 0 atom stereocenters. The van der Waals surface area contributed by atoms with Crippen LogP contribution in [0.2, 0.25) is 0 Å². The first-order chi connectivity index (χ1) is 8.60. The molecule has 6 nitrogen and oxygen atoms in total. The van der Waals surface area contributed by atoms with Gasteiger partial charge in [-0.05, 0) is 12.1 Å². The van der Waals surface area contributed by atoms with E-state index in [2.05, 4.69) is 23.3 Å². The summed E-state index contributed by atoms with van der Waals surface area (Å²) in [6, 6.07) is 2.69. The zero-order valence-electron chi connectivity index (χ0n) is 11.4. The molecule has 0 amide bonds. The lowest BCUT2D eigenvalue weighted by atomic mass is 10.4. The van der Waals surface area contributed by atoms with Crippen LogP contribution in [0.3, 0.4) is 0 Å². The first-order valence-electron chi connectivity index (χ1n) is 5.31. The summed E-state index contributed by atoms with van der Waals surface area (Å²) in [5.41, 5.74) is 0. The van der Waals surface area contributed by atoms with Gasteiger partial charge in [0.1, 0.15) is 0 Å². The average molecular weight is 260 g/mol. The Hall–Kier alpha value is -1.82. The Morgan fingerprint density at radius 1 is 1.06 bits per heavy atom. The summed E-state index contributed by atoms with van der Waals surface area (Å²) in [6.07, 6.45) is 1.25. The molecule has 1 heterocycles. The fraction of sp³-hybridized carbons (Fsp3) is 0.500. The molecule has 0 radical (unpaired) electrons. The van der Waals surface area contributed by atoms with Gasteiger partial charge in [0.15, 0.2) is 0 Å². The summed E-state index contributed by atoms with van der Waals surface area (Å²) >= 11 is 0. The molecule has 104 valence electrons. The van der Waals surface area contributed by atoms with Crippen LogP contribution in [0, 0.1) is 0 Å². The lowest BCUT2D eigenvalue weighted by Crippen LogP contribution is -2.00. The third kappa shape index (κ3) is 6.70. The molecular weight excluding hydrogens is 240 g/mol. The summed E-state index contributed by atoms with van der Waals surface area (Å²) in [7, 11) is 3.45. The van der Waals surface area contributed by atoms with Crippen molar-refractivity contribution in [1.82, 2.24) is 0 Å². The Bertz CT molecular complexity index is 312. The van der Waals surface area contributed by atoms with E-state index in [1.807, 2.05) is 0 Å². The molecule has 1 N–H and O–H groups in total. The van der Waals surface area contributed by atoms with Crippen molar-refractivity contribution in [3.05, 3.63) is 23.7 Å². The molecule has 0 saturated carbocycles. The molecule has 1 aromatic heterocycles. The summed E-state index contributed by atoms with van der Waals surface area (Å²) < 4.78 is 13.6. The number of carbonyl (C=O) groups is 2. The molecule has 0 aliphatic rings. The number of aliphatic hydroxyl groups is 1. The van der Waals surface area contributed by atoms with Gasteiger partial charge in [0.25, 0.3) is 0 Å². The van der Waals surface area contributed by atoms with E-state index in [4.69, 9.17) is 9.52 Å². The second kappa shape index (κ2) is 11.7. The fourth-order valence-electron chi connectivity index (χ4n) is 0.758. The molecule has 18 heavy (non-hydrogen) atoms. The number of furan rings is 1. The van der Waals surface area contributed by atoms with E-state index >= 15 is 0 Å². The highest BCUT2D eigenvalue weighted by Crippen LogP contribution is 2.09. The van der Waals surface area contributed by atoms with Crippen molar-refractivity contribution in [3.63, 3.8) is 0 Å². The van der Waals surface area contributed by atoms with Crippen LogP contribution < -0.4 is 0 Å². The van der Waals surface area contributed by atoms with Gasteiger partial charge in [0.05, 0.1) is 14.2 Å². The number of methoxy groups -OCH3 is 2. The van der Waals surface area contributed by atoms with Crippen molar-refractivity contribution in [2.24, 2.45) is 0 Å². The van der Waals surface area contributed by atoms with Gasteiger partial charge < -0.3 is 19.0 Å². The number of hydrogen-bond donors (Lipinski definition) is 1. The molecule has 0 aromatic carbocycles. The Kier molecular flexibility index (Phi) is 12.0. The van der Waals surface area contributed by atoms with Gasteiger partial charge in [-0.1, -0.05) is 20.3 Å². The van der Waals surface area contributed by atoms with Crippen molar-refractivity contribution in [2.45, 2.75) is 20.3 Å². The summed E-state index contributed by atoms with van der Waals surface area (Å²) in [5.74, 6) is -1.31. The third-order valence-corrected chi connectivity index (χ3v) is 1.38. The molecule has 0 fully saturated rings. The SMILES string of the molecule is CCC.CO.COC(=O)c1ccc(C(=O)OC)o1. The predicted molar refractivity (Wildman–Crippen MR) is 65.5 cm³/mol. The molecule has 1 aromatic rings. The van der Waals surface area contributed by atoms with Gasteiger partial charge in [0.2, 0.25) is 11.5 Å². The van der Waals surface area contributed by atoms with Gasteiger partial charge in [-0.2, -0.15) is 0 Å². The standard InChI is InChI=1S/C8H8O5.C3H8.CH4O/c1-11-7(9)5-3-4-6(13-5)8(10)12-2;1-3-2;1-2/h3-4H,1-2H3;3H2,1-2H3;2H,1H3. The molecule has 1 rings (SSSR count). The lowest BCUT2D eigenvalue weighted by Gasteiger charge is -1.93. The minimum Gasteiger partial charge on any atom is -0.463 e. The number of hydrogen-bond acceptors (Lipinski definition) is 6. The largest absolute Gasteiger partial charge is 0.463 e. The minimum atomic E-state index is -0.629. The molecule has 0 aliphatic carbocycles. The van der Waals surface area contributed by atoms with Crippen LogP contribution >= 0.6 is 0 Å². The molecule has 0 aliphatic heterocycles. The maximum absolute atomic E-state index is 10.9. The van der Waals surface area contributed by atoms with E-state index in [0.717, 1.165) is 7.11 Å². The molecular formula is C12H20O6. The monoisotopic (exact) mass is 260 g/mol. The summed E-state index contributed by atoms with van der Waals surface area (Å²) in [4.78, 5) is 21.7. The first kappa shape index (κ1) is 18.5. The first-order valence-corrected chi connectivity index (χ1v) is 5.31. The second-order valence-corrected chi connectivity index (χ2v) is 2.85. The fourth-order valence-corrected chi connectivity index (χ4v) is 0.758. The van der Waals surface area contributed by atoms with E-state index in [1.54, 1.807) is 0 Å². The van der Waals surface area contributed by atoms with Crippen molar-refractivity contribution in [3.8, 4) is 0 Å². The highest BCUT2D eigenvalue weighted by Gasteiger charge is 2.15. The Labute approximate surface area is 107 Å². The molecule has 0 saturated heterocycles. The zero-order valence-corrected chi connectivity index (χ0v) is 11.4. The van der Waals surface area contributed by atoms with Crippen molar-refractivity contribution in [2.75, 3.05) is 21.3 Å². The normalized spacial score (nSPS) is 8.11. The molecule has 0 unspecified atom stereocenters. The van der Waals surface area contributed by atoms with Crippen LogP contribution in [0.4, 0.5) is 0 Å². The lowest BCUT2D eigenvalue weighted by molar-refractivity contribution is 0.0531. The van der Waals surface area contributed by atoms with Gasteiger partial charge in [-0.15, -0.1) is 0 Å². The van der Waals surface area contributed by atoms with Crippen LogP contribution in [0.5, 0.6) is 0 Å². The van der Waals surface area contributed by atoms with Crippen LogP contribution in [-0.4, -0.2) is 38.4 Å². The number of aliphatic hydroxyl groups excluding tert-OH is 1. The quantitative estimate of drug-likeness (QED) is 0.817. The summed E-state index contributed by atoms with van der Waals surface area (Å²) in [6.45, 7) is 4.25. The maximum Gasteiger partial charge on any atom is 0.373 e. The van der Waals surface area contributed by atoms with Gasteiger partial charge in [-0.3, -0.25) is 0 Å². The van der Waals surface area contributed by atoms with Crippen LogP contribution in [0.15, 0.2) is 16.5 Å². The summed E-state index contributed by atoms with van der Waals surface area (Å²) in [5, 5.41) is 7.00. The van der Waals surface area contributed by atoms with Crippen LogP contribution in [-0.2, 0) is 9.47 Å². The highest BCUT2D eigenvalue weighted by molar-refractivity contribution is 5.90. The van der Waals surface area contributed by atoms with E-state index < -0.39 is 11.9 Å².